The van der Waals surface area contributed by atoms with Gasteiger partial charge in [0.25, 0.3) is 0 Å². The van der Waals surface area contributed by atoms with Crippen LogP contribution in [0.2, 0.25) is 0 Å². The predicted octanol–water partition coefficient (Wildman–Crippen LogP) is 6.17. The van der Waals surface area contributed by atoms with Crippen LogP contribution in [-0.2, 0) is 19.5 Å². The number of halogens is 1. The fourth-order valence-electron chi connectivity index (χ4n) is 7.91. The zero-order valence-electron chi connectivity index (χ0n) is 31.9. The van der Waals surface area contributed by atoms with E-state index in [2.05, 4.69) is 218 Å². The first-order chi connectivity index (χ1) is 28.3. The molecule has 0 unspecified atom stereocenters. The van der Waals surface area contributed by atoms with Crippen LogP contribution < -0.4 is 50.5 Å². The molecule has 0 N–H and O–H groups in total. The molecular weight excluding hydrogens is 877 g/mol. The van der Waals surface area contributed by atoms with Gasteiger partial charge in [0.1, 0.15) is 0 Å². The fraction of sp³-hybridized carbons (Fsp3) is 0.0588. The van der Waals surface area contributed by atoms with Gasteiger partial charge in [-0.15, -0.1) is 10.2 Å². The summed E-state index contributed by atoms with van der Waals surface area (Å²) in [7, 11) is -6.65. The van der Waals surface area contributed by atoms with Gasteiger partial charge < -0.3 is 0 Å². The van der Waals surface area contributed by atoms with Crippen LogP contribution in [0, 0.1) is 22.1 Å². The molecular formula is C51H40ClO4P2Rh-. The summed E-state index contributed by atoms with van der Waals surface area (Å²) in [4.78, 5) is 0. The minimum Gasteiger partial charge on any atom is -0.222 e. The second-order valence-electron chi connectivity index (χ2n) is 14.1. The Labute approximate surface area is 363 Å². The van der Waals surface area contributed by atoms with E-state index in [-0.39, 0.29) is 19.5 Å². The summed E-state index contributed by atoms with van der Waals surface area (Å²) in [5.41, 5.74) is 2.70. The smallest absolute Gasteiger partial charge is 0 e. The van der Waals surface area contributed by atoms with Crippen molar-refractivity contribution in [1.29, 1.82) is 0 Å². The number of allylic oxidation sites excluding steroid dienone is 4. The standard InChI is InChI=1S/C44H32P2.C7H8.ClHO4.Rh/c1-5-19-35(20-6-1)45(36-21-7-2-8-22-36)41-31-29-33-17-13-15-27-39(33)43(41)44-40-28-16-14-18-34(40)30-32-42(44)46(37-23-9-3-10-24-37)38-25-11-4-12-26-38;1-2-7-4-3-6(1)5-7;2-1(3,4)5;/h1-32H;1-4,6-7H,5H2;(H,2,3,4,5);/p-1. The molecule has 0 aliphatic heterocycles. The second-order valence-corrected chi connectivity index (χ2v) is 19.2. The molecule has 295 valence electrons. The number of rotatable bonds is 7. The van der Waals surface area contributed by atoms with Crippen LogP contribution in [0.15, 0.2) is 218 Å². The van der Waals surface area contributed by atoms with Gasteiger partial charge >= 0.3 is 0 Å². The van der Waals surface area contributed by atoms with E-state index in [9.17, 15) is 0 Å². The van der Waals surface area contributed by atoms with Crippen molar-refractivity contribution >= 4 is 69.2 Å². The average molecular weight is 917 g/mol. The van der Waals surface area contributed by atoms with Crippen molar-refractivity contribution in [3.8, 4) is 11.1 Å². The molecule has 59 heavy (non-hydrogen) atoms. The monoisotopic (exact) mass is 916 g/mol. The molecule has 10 rings (SSSR count). The Balaban J connectivity index is 0.000000350. The number of fused-ring (bicyclic) bond motifs is 4. The van der Waals surface area contributed by atoms with Crippen molar-refractivity contribution < 1.29 is 48.4 Å². The van der Waals surface area contributed by atoms with Gasteiger partial charge in [0.05, 0.1) is 0 Å². The molecule has 0 heterocycles. The van der Waals surface area contributed by atoms with Crippen LogP contribution in [-0.4, -0.2) is 0 Å². The van der Waals surface area contributed by atoms with E-state index >= 15 is 0 Å². The van der Waals surface area contributed by atoms with E-state index < -0.39 is 26.1 Å². The van der Waals surface area contributed by atoms with Crippen LogP contribution in [0.4, 0.5) is 0 Å². The molecule has 2 aliphatic rings. The molecule has 1 radical (unpaired) electrons. The van der Waals surface area contributed by atoms with Gasteiger partial charge in [-0.3, -0.25) is 0 Å². The van der Waals surface area contributed by atoms with Crippen molar-refractivity contribution in [2.45, 2.75) is 6.42 Å². The average Bonchev–Trinajstić information content (AvgIpc) is 3.92. The van der Waals surface area contributed by atoms with Crippen molar-refractivity contribution in [1.82, 2.24) is 0 Å². The molecule has 8 heteroatoms. The Morgan fingerprint density at radius 1 is 0.356 bits per heavy atom. The van der Waals surface area contributed by atoms with Crippen molar-refractivity contribution in [2.75, 3.05) is 0 Å². The molecule has 0 amide bonds. The van der Waals surface area contributed by atoms with Crippen LogP contribution in [0.1, 0.15) is 6.42 Å². The molecule has 0 atom stereocenters. The third kappa shape index (κ3) is 10.2. The molecule has 0 saturated carbocycles. The summed E-state index contributed by atoms with van der Waals surface area (Å²) in [5, 5.41) is 13.3. The first-order valence-corrected chi connectivity index (χ1v) is 23.1. The largest absolute Gasteiger partial charge is 0.222 e. The molecule has 4 nitrogen and oxygen atoms in total. The third-order valence-corrected chi connectivity index (χ3v) is 15.3. The second kappa shape index (κ2) is 19.6. The summed E-state index contributed by atoms with van der Waals surface area (Å²) >= 11 is 0. The Hall–Kier alpha value is -4.63. The van der Waals surface area contributed by atoms with Crippen LogP contribution >= 0.6 is 15.8 Å². The van der Waals surface area contributed by atoms with Gasteiger partial charge in [0.2, 0.25) is 0 Å². The molecule has 0 fully saturated rings. The van der Waals surface area contributed by atoms with Crippen LogP contribution in [0.3, 0.4) is 0 Å². The fourth-order valence-corrected chi connectivity index (χ4v) is 12.9. The molecule has 0 aromatic heterocycles. The topological polar surface area (TPSA) is 92.2 Å². The normalized spacial score (nSPS) is 15.1. The van der Waals surface area contributed by atoms with Gasteiger partial charge in [0, 0.05) is 19.5 Å². The molecule has 2 bridgehead atoms. The Bertz CT molecular complexity index is 2400. The minimum absolute atomic E-state index is 0. The van der Waals surface area contributed by atoms with Gasteiger partial charge in [-0.25, -0.2) is 18.6 Å². The zero-order valence-corrected chi connectivity index (χ0v) is 36.1. The summed E-state index contributed by atoms with van der Waals surface area (Å²) in [6, 6.07) is 71.8. The first-order valence-electron chi connectivity index (χ1n) is 19.1. The number of hydrogen-bond acceptors (Lipinski definition) is 4. The van der Waals surface area contributed by atoms with E-state index in [1.165, 1.54) is 70.9 Å². The first kappa shape index (κ1) is 42.5. The van der Waals surface area contributed by atoms with E-state index in [4.69, 9.17) is 18.6 Å². The molecule has 2 aliphatic carbocycles. The van der Waals surface area contributed by atoms with Crippen molar-refractivity contribution in [3.63, 3.8) is 0 Å². The number of benzene rings is 8. The zero-order chi connectivity index (χ0) is 39.9. The Kier molecular flexibility index (Phi) is 14.1. The summed E-state index contributed by atoms with van der Waals surface area (Å²) in [5.74, 6) is 1.62. The summed E-state index contributed by atoms with van der Waals surface area (Å²) < 4.78 is 34.0. The van der Waals surface area contributed by atoms with Crippen molar-refractivity contribution in [3.05, 3.63) is 218 Å². The molecule has 8 aromatic rings. The third-order valence-electron chi connectivity index (χ3n) is 10.4. The SMILES string of the molecule is C1=CC2C=CC1C2.[O-][Cl+3]([O-])([O-])[O-].[Rh].c1ccc(P(c2ccccc2)c2ccc3ccccc3c2-c2c(P(c3ccccc3)c3ccccc3)ccc3ccccc23)cc1. The Morgan fingerprint density at radius 3 is 0.898 bits per heavy atom. The maximum Gasteiger partial charge on any atom is 0 e. The van der Waals surface area contributed by atoms with Gasteiger partial charge in [-0.05, 0) is 98.6 Å². The van der Waals surface area contributed by atoms with Crippen molar-refractivity contribution in [2.24, 2.45) is 11.8 Å². The quantitative estimate of drug-likeness (QED) is 0.109. The number of hydrogen-bond donors (Lipinski definition) is 0. The maximum atomic E-state index is 8.49. The van der Waals surface area contributed by atoms with Crippen LogP contribution in [0.25, 0.3) is 32.7 Å². The van der Waals surface area contributed by atoms with E-state index in [0.717, 1.165) is 11.8 Å². The van der Waals surface area contributed by atoms with Gasteiger partial charge in [-0.2, -0.15) is 0 Å². The van der Waals surface area contributed by atoms with Crippen LogP contribution in [0.5, 0.6) is 0 Å². The Morgan fingerprint density at radius 2 is 0.627 bits per heavy atom. The van der Waals surface area contributed by atoms with E-state index in [1.807, 2.05) is 0 Å². The summed E-state index contributed by atoms with van der Waals surface area (Å²) in [6.07, 6.45) is 10.5. The molecule has 8 aromatic carbocycles. The van der Waals surface area contributed by atoms with E-state index in [1.54, 1.807) is 0 Å². The minimum atomic E-state index is -4.94. The van der Waals surface area contributed by atoms with Gasteiger partial charge in [0.15, 0.2) is 0 Å². The van der Waals surface area contributed by atoms with Gasteiger partial charge in [-0.1, -0.05) is 218 Å². The molecule has 0 saturated heterocycles. The van der Waals surface area contributed by atoms with E-state index in [0.29, 0.717) is 0 Å². The molecule has 0 spiro atoms. The predicted molar refractivity (Wildman–Crippen MR) is 234 cm³/mol. The maximum absolute atomic E-state index is 8.49. The summed E-state index contributed by atoms with van der Waals surface area (Å²) in [6.45, 7) is 0.